The Morgan fingerprint density at radius 3 is 2.29 bits per heavy atom. The third-order valence-electron chi connectivity index (χ3n) is 2.52. The number of nitriles is 1. The molecule has 0 aliphatic carbocycles. The van der Waals surface area contributed by atoms with E-state index in [1.165, 1.54) is 0 Å². The van der Waals surface area contributed by atoms with Gasteiger partial charge in [0, 0.05) is 6.54 Å². The molecule has 0 saturated heterocycles. The number of urea groups is 1. The molecule has 0 heterocycles. The van der Waals surface area contributed by atoms with E-state index >= 15 is 0 Å². The predicted octanol–water partition coefficient (Wildman–Crippen LogP) is 0.285. The van der Waals surface area contributed by atoms with Crippen molar-refractivity contribution < 1.29 is 24.6 Å². The fourth-order valence-electron chi connectivity index (χ4n) is 1.46. The Bertz CT molecular complexity index is 576. The number of hydrogen-bond acceptors (Lipinski definition) is 4. The van der Waals surface area contributed by atoms with Gasteiger partial charge in [-0.05, 0) is 17.7 Å². The topological polar surface area (TPSA) is 140 Å². The largest absolute Gasteiger partial charge is 0.481 e. The van der Waals surface area contributed by atoms with E-state index in [2.05, 4.69) is 10.6 Å². The summed E-state index contributed by atoms with van der Waals surface area (Å²) in [6.07, 6.45) is -0.709. The number of amides is 2. The second kappa shape index (κ2) is 7.49. The first-order valence-corrected chi connectivity index (χ1v) is 5.90. The monoisotopic (exact) mass is 291 g/mol. The van der Waals surface area contributed by atoms with E-state index in [0.717, 1.165) is 0 Å². The van der Waals surface area contributed by atoms with Crippen molar-refractivity contribution in [2.75, 3.05) is 0 Å². The molecule has 0 spiro atoms. The van der Waals surface area contributed by atoms with Gasteiger partial charge >= 0.3 is 18.0 Å². The van der Waals surface area contributed by atoms with Gasteiger partial charge in [-0.3, -0.25) is 4.79 Å². The smallest absolute Gasteiger partial charge is 0.326 e. The molecule has 0 aliphatic rings. The molecule has 0 saturated carbocycles. The summed E-state index contributed by atoms with van der Waals surface area (Å²) in [5.41, 5.74) is 1.20. The number of aliphatic carboxylic acids is 2. The zero-order valence-electron chi connectivity index (χ0n) is 10.9. The first-order chi connectivity index (χ1) is 9.92. The van der Waals surface area contributed by atoms with Gasteiger partial charge in [0.2, 0.25) is 0 Å². The molecular formula is C13H13N3O5. The summed E-state index contributed by atoms with van der Waals surface area (Å²) in [6.45, 7) is 0.122. The number of carbonyl (C=O) groups excluding carboxylic acids is 1. The highest BCUT2D eigenvalue weighted by atomic mass is 16.4. The maximum atomic E-state index is 11.5. The van der Waals surface area contributed by atoms with E-state index in [1.54, 1.807) is 24.3 Å². The number of rotatable bonds is 6. The van der Waals surface area contributed by atoms with Gasteiger partial charge in [-0.15, -0.1) is 0 Å². The lowest BCUT2D eigenvalue weighted by Gasteiger charge is -2.13. The third kappa shape index (κ3) is 5.61. The first-order valence-electron chi connectivity index (χ1n) is 5.90. The van der Waals surface area contributed by atoms with E-state index < -0.39 is 30.4 Å². The maximum Gasteiger partial charge on any atom is 0.326 e. The van der Waals surface area contributed by atoms with E-state index in [9.17, 15) is 14.4 Å². The van der Waals surface area contributed by atoms with Crippen LogP contribution in [0.2, 0.25) is 0 Å². The number of nitrogens with zero attached hydrogens (tertiary/aromatic N) is 1. The highest BCUT2D eigenvalue weighted by Crippen LogP contribution is 2.02. The summed E-state index contributed by atoms with van der Waals surface area (Å²) in [5, 5.41) is 30.4. The van der Waals surface area contributed by atoms with Crippen LogP contribution in [0.5, 0.6) is 0 Å². The number of carbonyl (C=O) groups is 3. The Kier molecular flexibility index (Phi) is 5.70. The van der Waals surface area contributed by atoms with Crippen LogP contribution in [0.25, 0.3) is 0 Å². The molecular weight excluding hydrogens is 278 g/mol. The average molecular weight is 291 g/mol. The molecule has 1 aromatic carbocycles. The first kappa shape index (κ1) is 16.0. The van der Waals surface area contributed by atoms with Crippen molar-refractivity contribution in [1.29, 1.82) is 5.26 Å². The number of carboxylic acid groups (broad SMARTS) is 2. The van der Waals surface area contributed by atoms with Gasteiger partial charge < -0.3 is 20.8 Å². The van der Waals surface area contributed by atoms with Gasteiger partial charge in [0.1, 0.15) is 6.04 Å². The van der Waals surface area contributed by atoms with E-state index in [1.807, 2.05) is 6.07 Å². The molecule has 1 unspecified atom stereocenters. The standard InChI is InChI=1S/C13H13N3O5/c14-6-8-1-3-9(4-2-8)7-15-13(21)16-10(12(19)20)5-11(17)18/h1-4,10H,5,7H2,(H,17,18)(H,19,20)(H2,15,16,21). The summed E-state index contributed by atoms with van der Waals surface area (Å²) >= 11 is 0. The lowest BCUT2D eigenvalue weighted by atomic mass is 10.1. The molecule has 0 fully saturated rings. The molecule has 2 amide bonds. The molecule has 0 radical (unpaired) electrons. The van der Waals surface area contributed by atoms with Gasteiger partial charge in [-0.1, -0.05) is 12.1 Å². The van der Waals surface area contributed by atoms with Crippen molar-refractivity contribution in [3.63, 3.8) is 0 Å². The molecule has 8 nitrogen and oxygen atoms in total. The fraction of sp³-hybridized carbons (Fsp3) is 0.231. The van der Waals surface area contributed by atoms with Gasteiger partial charge in [0.15, 0.2) is 0 Å². The van der Waals surface area contributed by atoms with Gasteiger partial charge in [0.25, 0.3) is 0 Å². The Balaban J connectivity index is 2.50. The normalized spacial score (nSPS) is 11.0. The van der Waals surface area contributed by atoms with Crippen molar-refractivity contribution in [2.45, 2.75) is 19.0 Å². The van der Waals surface area contributed by atoms with Crippen molar-refractivity contribution in [3.05, 3.63) is 35.4 Å². The van der Waals surface area contributed by atoms with Gasteiger partial charge in [0.05, 0.1) is 18.1 Å². The molecule has 8 heteroatoms. The molecule has 110 valence electrons. The van der Waals surface area contributed by atoms with Crippen molar-refractivity contribution in [2.24, 2.45) is 0 Å². The third-order valence-corrected chi connectivity index (χ3v) is 2.52. The van der Waals surface area contributed by atoms with Crippen molar-refractivity contribution >= 4 is 18.0 Å². The minimum atomic E-state index is -1.50. The second-order valence-corrected chi connectivity index (χ2v) is 4.12. The maximum absolute atomic E-state index is 11.5. The van der Waals surface area contributed by atoms with E-state index in [-0.39, 0.29) is 6.54 Å². The number of carboxylic acids is 2. The molecule has 0 bridgehead atoms. The van der Waals surface area contributed by atoms with Crippen LogP contribution in [0, 0.1) is 11.3 Å². The highest BCUT2D eigenvalue weighted by Gasteiger charge is 2.22. The minimum Gasteiger partial charge on any atom is -0.481 e. The van der Waals surface area contributed by atoms with Crippen LogP contribution in [0.3, 0.4) is 0 Å². The molecule has 1 atom stereocenters. The van der Waals surface area contributed by atoms with Crippen LogP contribution in [-0.2, 0) is 16.1 Å². The van der Waals surface area contributed by atoms with Crippen molar-refractivity contribution in [1.82, 2.24) is 10.6 Å². The van der Waals surface area contributed by atoms with Crippen LogP contribution in [0.4, 0.5) is 4.79 Å². The molecule has 0 aromatic heterocycles. The predicted molar refractivity (Wildman–Crippen MR) is 70.2 cm³/mol. The van der Waals surface area contributed by atoms with Crippen LogP contribution in [-0.4, -0.2) is 34.2 Å². The van der Waals surface area contributed by atoms with Crippen LogP contribution in [0.15, 0.2) is 24.3 Å². The SMILES string of the molecule is N#Cc1ccc(CNC(=O)NC(CC(=O)O)C(=O)O)cc1. The number of hydrogen-bond donors (Lipinski definition) is 4. The summed E-state index contributed by atoms with van der Waals surface area (Å²) in [4.78, 5) is 32.8. The summed E-state index contributed by atoms with van der Waals surface area (Å²) in [7, 11) is 0. The summed E-state index contributed by atoms with van der Waals surface area (Å²) in [5.74, 6) is -2.75. The lowest BCUT2D eigenvalue weighted by molar-refractivity contribution is -0.145. The molecule has 4 N–H and O–H groups in total. The average Bonchev–Trinajstić information content (AvgIpc) is 2.44. The van der Waals surface area contributed by atoms with E-state index in [4.69, 9.17) is 15.5 Å². The number of benzene rings is 1. The van der Waals surface area contributed by atoms with E-state index in [0.29, 0.717) is 11.1 Å². The van der Waals surface area contributed by atoms with Crippen molar-refractivity contribution in [3.8, 4) is 6.07 Å². The Morgan fingerprint density at radius 1 is 1.19 bits per heavy atom. The molecule has 0 aliphatic heterocycles. The Hall–Kier alpha value is -3.08. The number of nitrogens with one attached hydrogen (secondary N) is 2. The Morgan fingerprint density at radius 2 is 1.81 bits per heavy atom. The molecule has 1 aromatic rings. The highest BCUT2D eigenvalue weighted by molar-refractivity contribution is 5.86. The van der Waals surface area contributed by atoms with Gasteiger partial charge in [-0.25, -0.2) is 9.59 Å². The molecule has 21 heavy (non-hydrogen) atoms. The van der Waals surface area contributed by atoms with Gasteiger partial charge in [-0.2, -0.15) is 5.26 Å². The summed E-state index contributed by atoms with van der Waals surface area (Å²) in [6, 6.07) is 6.13. The lowest BCUT2D eigenvalue weighted by Crippen LogP contribution is -2.46. The quantitative estimate of drug-likeness (QED) is 0.593. The van der Waals surface area contributed by atoms with Crippen LogP contribution >= 0.6 is 0 Å². The molecule has 1 rings (SSSR count). The summed E-state index contributed by atoms with van der Waals surface area (Å²) < 4.78 is 0. The zero-order chi connectivity index (χ0) is 15.8. The Labute approximate surface area is 120 Å². The second-order valence-electron chi connectivity index (χ2n) is 4.12. The fourth-order valence-corrected chi connectivity index (χ4v) is 1.46. The minimum absolute atomic E-state index is 0.122. The van der Waals surface area contributed by atoms with Crippen LogP contribution in [0.1, 0.15) is 17.5 Å². The zero-order valence-corrected chi connectivity index (χ0v) is 10.9. The van der Waals surface area contributed by atoms with Crippen LogP contribution < -0.4 is 10.6 Å².